The second kappa shape index (κ2) is 7.87. The van der Waals surface area contributed by atoms with Gasteiger partial charge in [-0.1, -0.05) is 24.6 Å². The van der Waals surface area contributed by atoms with Crippen molar-refractivity contribution in [3.05, 3.63) is 29.8 Å². The predicted molar refractivity (Wildman–Crippen MR) is 78.0 cm³/mol. The highest BCUT2D eigenvalue weighted by atomic mass is 16.5. The monoisotopic (exact) mass is 277 g/mol. The molecule has 0 radical (unpaired) electrons. The summed E-state index contributed by atoms with van der Waals surface area (Å²) in [5.74, 6) is 5.97. The maximum absolute atomic E-state index is 11.0. The van der Waals surface area contributed by atoms with E-state index in [1.54, 1.807) is 0 Å². The minimum Gasteiger partial charge on any atom is -0.492 e. The summed E-state index contributed by atoms with van der Waals surface area (Å²) in [6.07, 6.45) is 3.55. The molecule has 1 aromatic carbocycles. The summed E-state index contributed by atoms with van der Waals surface area (Å²) in [6, 6.07) is 8.22. The van der Waals surface area contributed by atoms with Gasteiger partial charge in [-0.15, -0.1) is 0 Å². The summed E-state index contributed by atoms with van der Waals surface area (Å²) >= 11 is 0. The van der Waals surface area contributed by atoms with Crippen molar-refractivity contribution >= 4 is 5.91 Å². The Labute approximate surface area is 120 Å². The highest BCUT2D eigenvalue weighted by molar-refractivity contribution is 5.75. The van der Waals surface area contributed by atoms with Gasteiger partial charge in [0.2, 0.25) is 5.91 Å². The van der Waals surface area contributed by atoms with Crippen LogP contribution in [0.1, 0.15) is 31.2 Å². The van der Waals surface area contributed by atoms with Gasteiger partial charge in [0.25, 0.3) is 0 Å². The summed E-state index contributed by atoms with van der Waals surface area (Å²) in [7, 11) is 0. The van der Waals surface area contributed by atoms with Crippen LogP contribution in [0.2, 0.25) is 0 Å². The number of carbonyl (C=O) groups excluding carboxylic acids is 1. The average Bonchev–Trinajstić information content (AvgIpc) is 2.68. The molecule has 0 atom stereocenters. The molecule has 1 amide bonds. The average molecular weight is 277 g/mol. The van der Waals surface area contributed by atoms with E-state index in [9.17, 15) is 4.79 Å². The molecule has 1 aromatic rings. The van der Waals surface area contributed by atoms with Crippen LogP contribution in [0.5, 0.6) is 5.75 Å². The summed E-state index contributed by atoms with van der Waals surface area (Å²) in [6.45, 7) is 3.69. The van der Waals surface area contributed by atoms with Crippen molar-refractivity contribution in [2.75, 3.05) is 19.7 Å². The number of benzene rings is 1. The van der Waals surface area contributed by atoms with E-state index in [2.05, 4.69) is 22.5 Å². The number of carbonyl (C=O) groups is 1. The third-order valence-electron chi connectivity index (χ3n) is 3.57. The van der Waals surface area contributed by atoms with Crippen molar-refractivity contribution in [3.8, 4) is 5.75 Å². The summed E-state index contributed by atoms with van der Waals surface area (Å²) in [4.78, 5) is 13.4. The second-order valence-electron chi connectivity index (χ2n) is 5.11. The number of nitrogens with one attached hydrogen (secondary N) is 1. The Kier molecular flexibility index (Phi) is 5.83. The van der Waals surface area contributed by atoms with E-state index in [-0.39, 0.29) is 5.91 Å². The molecule has 0 saturated heterocycles. The number of hydrogen-bond donors (Lipinski definition) is 2. The number of rotatable bonds is 6. The van der Waals surface area contributed by atoms with Crippen molar-refractivity contribution in [1.82, 2.24) is 10.3 Å². The number of hydrazine groups is 1. The molecule has 0 fully saturated rings. The molecule has 0 spiro atoms. The van der Waals surface area contributed by atoms with Crippen LogP contribution in [0.25, 0.3) is 0 Å². The van der Waals surface area contributed by atoms with E-state index in [4.69, 9.17) is 10.6 Å². The molecule has 5 nitrogen and oxygen atoms in total. The number of nitrogens with two attached hydrogens (primary N) is 1. The molecular formula is C15H23N3O2. The molecule has 0 unspecified atom stereocenters. The van der Waals surface area contributed by atoms with Gasteiger partial charge < -0.3 is 4.74 Å². The van der Waals surface area contributed by atoms with Gasteiger partial charge >= 0.3 is 0 Å². The Bertz CT molecular complexity index is 437. The topological polar surface area (TPSA) is 67.6 Å². The zero-order valence-electron chi connectivity index (χ0n) is 11.8. The van der Waals surface area contributed by atoms with E-state index in [1.807, 2.05) is 12.1 Å². The van der Waals surface area contributed by atoms with Crippen LogP contribution in [0, 0.1) is 0 Å². The first-order valence-corrected chi connectivity index (χ1v) is 7.22. The smallest absolute Gasteiger partial charge is 0.233 e. The fourth-order valence-corrected chi connectivity index (χ4v) is 2.44. The van der Waals surface area contributed by atoms with Crippen LogP contribution in [-0.4, -0.2) is 30.5 Å². The van der Waals surface area contributed by atoms with Crippen molar-refractivity contribution in [1.29, 1.82) is 0 Å². The van der Waals surface area contributed by atoms with Crippen molar-refractivity contribution < 1.29 is 9.53 Å². The molecule has 0 saturated carbocycles. The first-order chi connectivity index (χ1) is 9.79. The van der Waals surface area contributed by atoms with Crippen LogP contribution in [-0.2, 0) is 11.3 Å². The molecule has 110 valence electrons. The van der Waals surface area contributed by atoms with Gasteiger partial charge in [0.15, 0.2) is 0 Å². The van der Waals surface area contributed by atoms with E-state index in [0.29, 0.717) is 6.42 Å². The number of para-hydroxylation sites is 1. The molecule has 1 heterocycles. The maximum atomic E-state index is 11.0. The standard InChI is InChI=1S/C15H23N3O2/c16-17-15(19)8-2-1-5-9-18-10-11-20-14-7-4-3-6-13(14)12-18/h3-4,6-7H,1-2,5,8-12,16H2,(H,17,19). The first kappa shape index (κ1) is 14.8. The lowest BCUT2D eigenvalue weighted by molar-refractivity contribution is -0.121. The Morgan fingerprint density at radius 3 is 3.00 bits per heavy atom. The molecule has 0 bridgehead atoms. The van der Waals surface area contributed by atoms with Gasteiger partial charge in [0, 0.05) is 25.1 Å². The SMILES string of the molecule is NNC(=O)CCCCCN1CCOc2ccccc2C1. The lowest BCUT2D eigenvalue weighted by Crippen LogP contribution is -2.29. The highest BCUT2D eigenvalue weighted by Gasteiger charge is 2.14. The molecule has 1 aliphatic heterocycles. The third-order valence-corrected chi connectivity index (χ3v) is 3.57. The Balaban J connectivity index is 1.70. The Hall–Kier alpha value is -1.59. The van der Waals surface area contributed by atoms with Gasteiger partial charge in [-0.2, -0.15) is 0 Å². The molecule has 20 heavy (non-hydrogen) atoms. The van der Waals surface area contributed by atoms with Crippen LogP contribution >= 0.6 is 0 Å². The first-order valence-electron chi connectivity index (χ1n) is 7.22. The molecule has 1 aliphatic rings. The van der Waals surface area contributed by atoms with E-state index in [0.717, 1.165) is 51.3 Å². The molecule has 0 aliphatic carbocycles. The van der Waals surface area contributed by atoms with Gasteiger partial charge in [-0.05, 0) is 25.5 Å². The normalized spacial score (nSPS) is 15.1. The zero-order chi connectivity index (χ0) is 14.2. The molecular weight excluding hydrogens is 254 g/mol. The Morgan fingerprint density at radius 1 is 1.30 bits per heavy atom. The van der Waals surface area contributed by atoms with Gasteiger partial charge in [0.05, 0.1) is 0 Å². The summed E-state index contributed by atoms with van der Waals surface area (Å²) in [5.41, 5.74) is 3.42. The van der Waals surface area contributed by atoms with E-state index < -0.39 is 0 Å². The summed E-state index contributed by atoms with van der Waals surface area (Å²) < 4.78 is 5.74. The number of amides is 1. The van der Waals surface area contributed by atoms with Crippen molar-refractivity contribution in [3.63, 3.8) is 0 Å². The minimum absolute atomic E-state index is 0.0814. The zero-order valence-corrected chi connectivity index (χ0v) is 11.8. The lowest BCUT2D eigenvalue weighted by Gasteiger charge is -2.18. The van der Waals surface area contributed by atoms with Crippen LogP contribution in [0.4, 0.5) is 0 Å². The van der Waals surface area contributed by atoms with Gasteiger partial charge in [0.1, 0.15) is 12.4 Å². The number of fused-ring (bicyclic) bond motifs is 1. The molecule has 5 heteroatoms. The van der Waals surface area contributed by atoms with E-state index in [1.165, 1.54) is 5.56 Å². The number of nitrogens with zero attached hydrogens (tertiary/aromatic N) is 1. The molecule has 3 N–H and O–H groups in total. The fraction of sp³-hybridized carbons (Fsp3) is 0.533. The van der Waals surface area contributed by atoms with Gasteiger partial charge in [-0.3, -0.25) is 15.1 Å². The largest absolute Gasteiger partial charge is 0.492 e. The van der Waals surface area contributed by atoms with Crippen LogP contribution in [0.3, 0.4) is 0 Å². The molecule has 0 aromatic heterocycles. The lowest BCUT2D eigenvalue weighted by atomic mass is 10.1. The fourth-order valence-electron chi connectivity index (χ4n) is 2.44. The third kappa shape index (κ3) is 4.51. The van der Waals surface area contributed by atoms with Crippen LogP contribution < -0.4 is 16.0 Å². The Morgan fingerprint density at radius 2 is 2.15 bits per heavy atom. The van der Waals surface area contributed by atoms with E-state index >= 15 is 0 Å². The summed E-state index contributed by atoms with van der Waals surface area (Å²) in [5, 5.41) is 0. The quantitative estimate of drug-likeness (QED) is 0.357. The maximum Gasteiger partial charge on any atom is 0.233 e. The van der Waals surface area contributed by atoms with Crippen LogP contribution in [0.15, 0.2) is 24.3 Å². The van der Waals surface area contributed by atoms with Gasteiger partial charge in [-0.25, -0.2) is 5.84 Å². The number of hydrogen-bond acceptors (Lipinski definition) is 4. The predicted octanol–water partition coefficient (Wildman–Crippen LogP) is 1.43. The highest BCUT2D eigenvalue weighted by Crippen LogP contribution is 2.22. The second-order valence-corrected chi connectivity index (χ2v) is 5.11. The number of unbranched alkanes of at least 4 members (excludes halogenated alkanes) is 2. The van der Waals surface area contributed by atoms with Crippen molar-refractivity contribution in [2.45, 2.75) is 32.2 Å². The molecule has 2 rings (SSSR count). The van der Waals surface area contributed by atoms with Crippen molar-refractivity contribution in [2.24, 2.45) is 5.84 Å². The number of ether oxygens (including phenoxy) is 1. The minimum atomic E-state index is -0.0814.